The van der Waals surface area contributed by atoms with Gasteiger partial charge in [0.2, 0.25) is 0 Å². The normalized spacial score (nSPS) is 10.3. The Bertz CT molecular complexity index is 863. The van der Waals surface area contributed by atoms with Crippen molar-refractivity contribution in [3.8, 4) is 28.5 Å². The van der Waals surface area contributed by atoms with Crippen LogP contribution in [0.1, 0.15) is 11.1 Å². The SMILES string of the molecule is CSc1nc(-c2ccccc2)cc(-c2ccc(C)cc2)c1C#N. The summed E-state index contributed by atoms with van der Waals surface area (Å²) < 4.78 is 0. The lowest BCUT2D eigenvalue weighted by atomic mass is 9.98. The number of aromatic nitrogens is 1. The third kappa shape index (κ3) is 3.13. The summed E-state index contributed by atoms with van der Waals surface area (Å²) in [6.45, 7) is 2.06. The molecule has 0 fully saturated rings. The summed E-state index contributed by atoms with van der Waals surface area (Å²) in [6.07, 6.45) is 1.96. The summed E-state index contributed by atoms with van der Waals surface area (Å²) in [7, 11) is 0. The zero-order chi connectivity index (χ0) is 16.2. The molecule has 112 valence electrons. The van der Waals surface area contributed by atoms with E-state index in [1.165, 1.54) is 17.3 Å². The molecule has 2 nitrogen and oxygen atoms in total. The second-order valence-electron chi connectivity index (χ2n) is 5.28. The number of rotatable bonds is 3. The van der Waals surface area contributed by atoms with E-state index in [1.54, 1.807) is 0 Å². The smallest absolute Gasteiger partial charge is 0.115 e. The summed E-state index contributed by atoms with van der Waals surface area (Å²) in [5.74, 6) is 0. The first kappa shape index (κ1) is 15.3. The molecule has 23 heavy (non-hydrogen) atoms. The van der Waals surface area contributed by atoms with Crippen molar-refractivity contribution in [2.45, 2.75) is 11.9 Å². The lowest BCUT2D eigenvalue weighted by Gasteiger charge is -2.11. The lowest BCUT2D eigenvalue weighted by molar-refractivity contribution is 1.12. The predicted octanol–water partition coefficient (Wildman–Crippen LogP) is 5.32. The van der Waals surface area contributed by atoms with E-state index in [4.69, 9.17) is 0 Å². The molecule has 0 amide bonds. The van der Waals surface area contributed by atoms with E-state index in [0.29, 0.717) is 5.56 Å². The molecule has 3 aromatic rings. The van der Waals surface area contributed by atoms with Crippen LogP contribution in [0, 0.1) is 18.3 Å². The summed E-state index contributed by atoms with van der Waals surface area (Å²) >= 11 is 1.51. The van der Waals surface area contributed by atoms with Gasteiger partial charge in [-0.3, -0.25) is 0 Å². The van der Waals surface area contributed by atoms with Crippen LogP contribution in [0.15, 0.2) is 65.7 Å². The Hall–Kier alpha value is -2.57. The van der Waals surface area contributed by atoms with Gasteiger partial charge in [-0.05, 0) is 24.8 Å². The van der Waals surface area contributed by atoms with Gasteiger partial charge in [0.25, 0.3) is 0 Å². The van der Waals surface area contributed by atoms with E-state index >= 15 is 0 Å². The van der Waals surface area contributed by atoms with E-state index in [-0.39, 0.29) is 0 Å². The molecule has 0 saturated heterocycles. The van der Waals surface area contributed by atoms with Crippen LogP contribution in [0.2, 0.25) is 0 Å². The molecule has 0 bridgehead atoms. The second-order valence-corrected chi connectivity index (χ2v) is 6.08. The van der Waals surface area contributed by atoms with Gasteiger partial charge in [0.05, 0.1) is 11.3 Å². The van der Waals surface area contributed by atoms with Gasteiger partial charge < -0.3 is 0 Å². The largest absolute Gasteiger partial charge is 0.240 e. The van der Waals surface area contributed by atoms with Gasteiger partial charge in [0.1, 0.15) is 11.1 Å². The minimum Gasteiger partial charge on any atom is -0.240 e. The van der Waals surface area contributed by atoms with Crippen molar-refractivity contribution >= 4 is 11.8 Å². The van der Waals surface area contributed by atoms with Gasteiger partial charge >= 0.3 is 0 Å². The molecule has 3 heteroatoms. The maximum absolute atomic E-state index is 9.60. The number of aryl methyl sites for hydroxylation is 1. The first-order valence-electron chi connectivity index (χ1n) is 7.34. The Morgan fingerprint density at radius 1 is 0.957 bits per heavy atom. The highest BCUT2D eigenvalue weighted by atomic mass is 32.2. The van der Waals surface area contributed by atoms with Gasteiger partial charge in [-0.25, -0.2) is 4.98 Å². The molecule has 2 aromatic carbocycles. The van der Waals surface area contributed by atoms with Crippen molar-refractivity contribution in [2.75, 3.05) is 6.26 Å². The zero-order valence-corrected chi connectivity index (χ0v) is 13.9. The number of nitriles is 1. The van der Waals surface area contributed by atoms with Crippen LogP contribution in [-0.4, -0.2) is 11.2 Å². The fraction of sp³-hybridized carbons (Fsp3) is 0.100. The number of hydrogen-bond acceptors (Lipinski definition) is 3. The Morgan fingerprint density at radius 3 is 2.26 bits per heavy atom. The minimum atomic E-state index is 0.640. The van der Waals surface area contributed by atoms with Crippen molar-refractivity contribution in [2.24, 2.45) is 0 Å². The van der Waals surface area contributed by atoms with Gasteiger partial charge in [0, 0.05) is 11.1 Å². The predicted molar refractivity (Wildman–Crippen MR) is 96.3 cm³/mol. The minimum absolute atomic E-state index is 0.640. The quantitative estimate of drug-likeness (QED) is 0.614. The first-order valence-corrected chi connectivity index (χ1v) is 8.57. The fourth-order valence-electron chi connectivity index (χ4n) is 2.50. The van der Waals surface area contributed by atoms with Crippen LogP contribution in [-0.2, 0) is 0 Å². The maximum Gasteiger partial charge on any atom is 0.115 e. The number of thioether (sulfide) groups is 1. The van der Waals surface area contributed by atoms with Crippen LogP contribution in [0.5, 0.6) is 0 Å². The molecular formula is C20H16N2S. The number of hydrogen-bond donors (Lipinski definition) is 0. The average molecular weight is 316 g/mol. The summed E-state index contributed by atoms with van der Waals surface area (Å²) in [5, 5.41) is 10.4. The molecule has 0 radical (unpaired) electrons. The molecule has 0 saturated carbocycles. The Balaban J connectivity index is 2.25. The molecular weight excluding hydrogens is 300 g/mol. The van der Waals surface area contributed by atoms with Gasteiger partial charge in [0.15, 0.2) is 0 Å². The van der Waals surface area contributed by atoms with Gasteiger partial charge in [-0.15, -0.1) is 11.8 Å². The van der Waals surface area contributed by atoms with Crippen LogP contribution in [0.25, 0.3) is 22.4 Å². The fourth-order valence-corrected chi connectivity index (χ4v) is 3.04. The molecule has 0 unspecified atom stereocenters. The number of benzene rings is 2. The topological polar surface area (TPSA) is 36.7 Å². The third-order valence-corrected chi connectivity index (χ3v) is 4.41. The van der Waals surface area contributed by atoms with E-state index in [0.717, 1.165) is 27.4 Å². The van der Waals surface area contributed by atoms with Crippen molar-refractivity contribution in [1.29, 1.82) is 5.26 Å². The van der Waals surface area contributed by atoms with Crippen molar-refractivity contribution in [3.63, 3.8) is 0 Å². The van der Waals surface area contributed by atoms with Crippen LogP contribution < -0.4 is 0 Å². The summed E-state index contributed by atoms with van der Waals surface area (Å²) in [4.78, 5) is 4.68. The Morgan fingerprint density at radius 2 is 1.65 bits per heavy atom. The van der Waals surface area contributed by atoms with Gasteiger partial charge in [-0.2, -0.15) is 5.26 Å². The number of nitrogens with zero attached hydrogens (tertiary/aromatic N) is 2. The van der Waals surface area contributed by atoms with Crippen molar-refractivity contribution in [1.82, 2.24) is 4.98 Å². The highest BCUT2D eigenvalue weighted by Gasteiger charge is 2.14. The highest BCUT2D eigenvalue weighted by Crippen LogP contribution is 2.33. The van der Waals surface area contributed by atoms with Crippen LogP contribution in [0.3, 0.4) is 0 Å². The van der Waals surface area contributed by atoms with Gasteiger partial charge in [-0.1, -0.05) is 60.2 Å². The van der Waals surface area contributed by atoms with E-state index in [2.05, 4.69) is 42.2 Å². The molecule has 1 heterocycles. The van der Waals surface area contributed by atoms with E-state index in [1.807, 2.05) is 42.7 Å². The molecule has 3 rings (SSSR count). The van der Waals surface area contributed by atoms with Crippen LogP contribution >= 0.6 is 11.8 Å². The first-order chi connectivity index (χ1) is 11.2. The second kappa shape index (κ2) is 6.68. The van der Waals surface area contributed by atoms with E-state index in [9.17, 15) is 5.26 Å². The molecule has 0 aliphatic rings. The summed E-state index contributed by atoms with van der Waals surface area (Å²) in [5.41, 5.74) is 5.77. The maximum atomic E-state index is 9.60. The molecule has 0 spiro atoms. The molecule has 0 N–H and O–H groups in total. The Labute approximate surface area is 140 Å². The average Bonchev–Trinajstić information content (AvgIpc) is 2.62. The van der Waals surface area contributed by atoms with E-state index < -0.39 is 0 Å². The van der Waals surface area contributed by atoms with Crippen molar-refractivity contribution < 1.29 is 0 Å². The van der Waals surface area contributed by atoms with Crippen molar-refractivity contribution in [3.05, 3.63) is 71.8 Å². The Kier molecular flexibility index (Phi) is 4.45. The summed E-state index contributed by atoms with van der Waals surface area (Å²) in [6, 6.07) is 22.7. The highest BCUT2D eigenvalue weighted by molar-refractivity contribution is 7.98. The third-order valence-electron chi connectivity index (χ3n) is 3.72. The monoisotopic (exact) mass is 316 g/mol. The zero-order valence-electron chi connectivity index (χ0n) is 13.1. The molecule has 0 aliphatic carbocycles. The lowest BCUT2D eigenvalue weighted by Crippen LogP contribution is -1.95. The number of pyridine rings is 1. The standard InChI is InChI=1S/C20H16N2S/c1-14-8-10-15(11-9-14)17-12-19(16-6-4-3-5-7-16)22-20(23-2)18(17)13-21/h3-12H,1-2H3. The molecule has 1 aromatic heterocycles. The van der Waals surface area contributed by atoms with Crippen LogP contribution in [0.4, 0.5) is 0 Å². The molecule has 0 atom stereocenters. The molecule has 0 aliphatic heterocycles.